The first-order chi connectivity index (χ1) is 14.8. The number of amides is 2. The van der Waals surface area contributed by atoms with Crippen LogP contribution in [0.3, 0.4) is 0 Å². The number of carbonyl (C=O) groups is 2. The maximum Gasteiger partial charge on any atom is 0.265 e. The van der Waals surface area contributed by atoms with Gasteiger partial charge in [-0.2, -0.15) is 4.31 Å². The van der Waals surface area contributed by atoms with E-state index in [0.717, 1.165) is 6.07 Å². The number of carbonyl (C=O) groups excluding carboxylic acids is 2. The van der Waals surface area contributed by atoms with E-state index in [1.807, 2.05) is 6.92 Å². The third-order valence-electron chi connectivity index (χ3n) is 5.38. The number of ether oxygens (including phenoxy) is 1. The fraction of sp³-hybridized carbons (Fsp3) is 0.333. The number of rotatable bonds is 4. The Hall–Kier alpha value is -2.98. The maximum atomic E-state index is 13.4. The minimum atomic E-state index is -3.82. The summed E-state index contributed by atoms with van der Waals surface area (Å²) in [6, 6.07) is 9.79. The van der Waals surface area contributed by atoms with E-state index in [-0.39, 0.29) is 48.5 Å². The third-order valence-corrected chi connectivity index (χ3v) is 7.27. The number of halogens is 1. The summed E-state index contributed by atoms with van der Waals surface area (Å²) in [5, 5.41) is 2.69. The minimum absolute atomic E-state index is 0.0370. The number of anilines is 1. The second kappa shape index (κ2) is 8.27. The maximum absolute atomic E-state index is 13.4. The van der Waals surface area contributed by atoms with Gasteiger partial charge in [0.2, 0.25) is 10.0 Å². The van der Waals surface area contributed by atoms with Gasteiger partial charge in [-0.15, -0.1) is 0 Å². The van der Waals surface area contributed by atoms with Crippen molar-refractivity contribution in [2.75, 3.05) is 31.5 Å². The highest BCUT2D eigenvalue weighted by atomic mass is 32.2. The van der Waals surface area contributed by atoms with Gasteiger partial charge in [-0.05, 0) is 42.8 Å². The highest BCUT2D eigenvalue weighted by molar-refractivity contribution is 7.89. The third kappa shape index (κ3) is 4.13. The van der Waals surface area contributed by atoms with Crippen LogP contribution in [0.1, 0.15) is 23.7 Å². The molecule has 0 spiro atoms. The summed E-state index contributed by atoms with van der Waals surface area (Å²) >= 11 is 0. The first-order valence-electron chi connectivity index (χ1n) is 9.96. The smallest absolute Gasteiger partial charge is 0.265 e. The van der Waals surface area contributed by atoms with E-state index in [1.165, 1.54) is 45.6 Å². The van der Waals surface area contributed by atoms with Crippen LogP contribution in [0.4, 0.5) is 10.1 Å². The van der Waals surface area contributed by atoms with Gasteiger partial charge < -0.3 is 15.0 Å². The number of hydrogen-bond donors (Lipinski definition) is 1. The van der Waals surface area contributed by atoms with Crippen LogP contribution in [0.15, 0.2) is 47.4 Å². The fourth-order valence-corrected chi connectivity index (χ4v) is 5.09. The molecular formula is C21H22FN3O5S. The summed E-state index contributed by atoms with van der Waals surface area (Å²) in [5.74, 6) is -0.721. The molecular weight excluding hydrogens is 425 g/mol. The highest BCUT2D eigenvalue weighted by Crippen LogP contribution is 2.33. The largest absolute Gasteiger partial charge is 0.478 e. The number of nitrogens with zero attached hydrogens (tertiary/aromatic N) is 2. The van der Waals surface area contributed by atoms with Crippen molar-refractivity contribution in [2.45, 2.75) is 24.3 Å². The molecule has 1 fully saturated rings. The van der Waals surface area contributed by atoms with Gasteiger partial charge in [0.15, 0.2) is 6.10 Å². The van der Waals surface area contributed by atoms with Crippen LogP contribution < -0.4 is 10.1 Å². The number of nitrogens with one attached hydrogen (secondary N) is 1. The molecule has 2 aliphatic heterocycles. The van der Waals surface area contributed by atoms with Gasteiger partial charge in [0.05, 0.1) is 10.6 Å². The Bertz CT molecular complexity index is 1130. The molecule has 1 saturated heterocycles. The van der Waals surface area contributed by atoms with Crippen LogP contribution in [0.2, 0.25) is 0 Å². The Labute approximate surface area is 179 Å². The van der Waals surface area contributed by atoms with Crippen LogP contribution >= 0.6 is 0 Å². The minimum Gasteiger partial charge on any atom is -0.478 e. The van der Waals surface area contributed by atoms with E-state index in [1.54, 1.807) is 0 Å². The van der Waals surface area contributed by atoms with Crippen LogP contribution in [0.5, 0.6) is 5.75 Å². The fourth-order valence-electron chi connectivity index (χ4n) is 3.64. The van der Waals surface area contributed by atoms with Crippen molar-refractivity contribution in [1.29, 1.82) is 0 Å². The number of fused-ring (bicyclic) bond motifs is 1. The molecule has 31 heavy (non-hydrogen) atoms. The second-order valence-corrected chi connectivity index (χ2v) is 9.31. The van der Waals surface area contributed by atoms with E-state index < -0.39 is 21.9 Å². The lowest BCUT2D eigenvalue weighted by molar-refractivity contribution is -0.123. The zero-order valence-corrected chi connectivity index (χ0v) is 17.7. The van der Waals surface area contributed by atoms with E-state index in [0.29, 0.717) is 17.9 Å². The summed E-state index contributed by atoms with van der Waals surface area (Å²) in [4.78, 5) is 26.1. The van der Waals surface area contributed by atoms with E-state index >= 15 is 0 Å². The number of piperazine rings is 1. The molecule has 8 nitrogen and oxygen atoms in total. The molecule has 10 heteroatoms. The van der Waals surface area contributed by atoms with Crippen molar-refractivity contribution in [2.24, 2.45) is 0 Å². The lowest BCUT2D eigenvalue weighted by atomic mass is 10.2. The summed E-state index contributed by atoms with van der Waals surface area (Å²) in [7, 11) is -3.82. The second-order valence-electron chi connectivity index (χ2n) is 7.37. The highest BCUT2D eigenvalue weighted by Gasteiger charge is 2.32. The molecule has 2 heterocycles. The predicted octanol–water partition coefficient (Wildman–Crippen LogP) is 2.08. The normalized spacial score (nSPS) is 19.4. The molecule has 0 unspecified atom stereocenters. The number of hydrogen-bond acceptors (Lipinski definition) is 5. The van der Waals surface area contributed by atoms with Gasteiger partial charge in [0.1, 0.15) is 11.6 Å². The monoisotopic (exact) mass is 447 g/mol. The van der Waals surface area contributed by atoms with Crippen molar-refractivity contribution in [3.8, 4) is 5.75 Å². The quantitative estimate of drug-likeness (QED) is 0.774. The van der Waals surface area contributed by atoms with E-state index in [9.17, 15) is 22.4 Å². The molecule has 2 aromatic rings. The molecule has 0 radical (unpaired) electrons. The first kappa shape index (κ1) is 21.3. The van der Waals surface area contributed by atoms with Gasteiger partial charge in [-0.3, -0.25) is 9.59 Å². The summed E-state index contributed by atoms with van der Waals surface area (Å²) in [6.45, 7) is 2.43. The Morgan fingerprint density at radius 2 is 1.90 bits per heavy atom. The summed E-state index contributed by atoms with van der Waals surface area (Å²) in [6.07, 6.45) is -0.0945. The molecule has 0 aliphatic carbocycles. The molecule has 164 valence electrons. The van der Waals surface area contributed by atoms with Gasteiger partial charge in [0, 0.05) is 31.7 Å². The molecule has 4 rings (SSSR count). The molecule has 0 bridgehead atoms. The van der Waals surface area contributed by atoms with Crippen molar-refractivity contribution >= 4 is 27.5 Å². The molecule has 2 amide bonds. The topological polar surface area (TPSA) is 96.0 Å². The number of benzene rings is 2. The molecule has 1 atom stereocenters. The Balaban J connectivity index is 1.47. The molecule has 1 N–H and O–H groups in total. The molecule has 0 aromatic heterocycles. The van der Waals surface area contributed by atoms with Crippen LogP contribution in [0, 0.1) is 5.82 Å². The summed E-state index contributed by atoms with van der Waals surface area (Å²) < 4.78 is 46.5. The van der Waals surface area contributed by atoms with Crippen LogP contribution in [-0.4, -0.2) is 61.7 Å². The zero-order chi connectivity index (χ0) is 22.2. The van der Waals surface area contributed by atoms with Crippen molar-refractivity contribution in [3.63, 3.8) is 0 Å². The average Bonchev–Trinajstić information content (AvgIpc) is 2.77. The van der Waals surface area contributed by atoms with Gasteiger partial charge in [-0.25, -0.2) is 12.8 Å². The standard InChI is InChI=1S/C21H22FN3O5S/c1-2-18-20(26)23-17-13-16(6-7-19(17)30-18)31(28,29)25-10-8-24(9-11-25)21(27)14-4-3-5-15(22)12-14/h3-7,12-13,18H,2,8-11H2,1H3,(H,23,26)/t18-/m0/s1. The van der Waals surface area contributed by atoms with E-state index in [2.05, 4.69) is 5.32 Å². The van der Waals surface area contributed by atoms with Crippen LogP contribution in [0.25, 0.3) is 0 Å². The Morgan fingerprint density at radius 1 is 1.16 bits per heavy atom. The first-order valence-corrected chi connectivity index (χ1v) is 11.4. The lowest BCUT2D eigenvalue weighted by Crippen LogP contribution is -2.50. The molecule has 2 aliphatic rings. The van der Waals surface area contributed by atoms with Gasteiger partial charge in [0.25, 0.3) is 11.8 Å². The van der Waals surface area contributed by atoms with Gasteiger partial charge >= 0.3 is 0 Å². The van der Waals surface area contributed by atoms with E-state index in [4.69, 9.17) is 4.74 Å². The Kier molecular flexibility index (Phi) is 5.67. The zero-order valence-electron chi connectivity index (χ0n) is 16.9. The van der Waals surface area contributed by atoms with Crippen molar-refractivity contribution < 1.29 is 27.1 Å². The van der Waals surface area contributed by atoms with Crippen molar-refractivity contribution in [1.82, 2.24) is 9.21 Å². The summed E-state index contributed by atoms with van der Waals surface area (Å²) in [5.41, 5.74) is 0.544. The predicted molar refractivity (Wildman–Crippen MR) is 111 cm³/mol. The van der Waals surface area contributed by atoms with Crippen molar-refractivity contribution in [3.05, 3.63) is 53.8 Å². The molecule has 0 saturated carbocycles. The van der Waals surface area contributed by atoms with Crippen LogP contribution in [-0.2, 0) is 14.8 Å². The Morgan fingerprint density at radius 3 is 2.58 bits per heavy atom. The SMILES string of the molecule is CC[C@@H]1Oc2ccc(S(=O)(=O)N3CCN(C(=O)c4cccc(F)c4)CC3)cc2NC1=O. The average molecular weight is 447 g/mol. The molecule has 2 aromatic carbocycles. The number of sulfonamides is 1. The lowest BCUT2D eigenvalue weighted by Gasteiger charge is -2.34. The van der Waals surface area contributed by atoms with Gasteiger partial charge in [-0.1, -0.05) is 13.0 Å².